The molecule has 0 amide bonds. The zero-order chi connectivity index (χ0) is 16.2. The second-order valence-corrected chi connectivity index (χ2v) is 5.95. The Morgan fingerprint density at radius 2 is 1.83 bits per heavy atom. The Balaban J connectivity index is 1.78. The van der Waals surface area contributed by atoms with E-state index in [1.165, 1.54) is 45.0 Å². The van der Waals surface area contributed by atoms with Crippen molar-refractivity contribution >= 4 is 0 Å². The molecule has 1 aliphatic heterocycles. The van der Waals surface area contributed by atoms with Gasteiger partial charge in [-0.1, -0.05) is 30.7 Å². The van der Waals surface area contributed by atoms with E-state index in [2.05, 4.69) is 33.9 Å². The maximum atomic E-state index is 13.4. The number of likely N-dealkylation sites (tertiary alicyclic amines) is 1. The molecule has 3 rings (SSSR count). The summed E-state index contributed by atoms with van der Waals surface area (Å²) in [6, 6.07) is 8.60. The van der Waals surface area contributed by atoms with Gasteiger partial charge in [0, 0.05) is 11.6 Å². The SMILES string of the molecule is COc1nc(-c2ccc([C@@H](C)N3CCCCC3)cc2)ncc1F. The minimum atomic E-state index is -0.549. The predicted octanol–water partition coefficient (Wildman–Crippen LogP) is 3.84. The van der Waals surface area contributed by atoms with Crippen LogP contribution in [0, 0.1) is 5.82 Å². The first kappa shape index (κ1) is 15.9. The van der Waals surface area contributed by atoms with Gasteiger partial charge in [-0.25, -0.2) is 4.98 Å². The van der Waals surface area contributed by atoms with E-state index in [9.17, 15) is 4.39 Å². The molecule has 0 unspecified atom stereocenters. The third-order valence-electron chi connectivity index (χ3n) is 4.49. The minimum Gasteiger partial charge on any atom is -0.479 e. The Hall–Kier alpha value is -2.01. The molecule has 0 bridgehead atoms. The summed E-state index contributed by atoms with van der Waals surface area (Å²) in [5.41, 5.74) is 2.14. The number of methoxy groups -OCH3 is 1. The van der Waals surface area contributed by atoms with Gasteiger partial charge in [-0.3, -0.25) is 4.90 Å². The van der Waals surface area contributed by atoms with Gasteiger partial charge >= 0.3 is 0 Å². The molecule has 2 aromatic rings. The molecule has 4 nitrogen and oxygen atoms in total. The molecule has 5 heteroatoms. The minimum absolute atomic E-state index is 0.0271. The third kappa shape index (κ3) is 3.50. The van der Waals surface area contributed by atoms with Crippen molar-refractivity contribution in [2.45, 2.75) is 32.2 Å². The molecule has 0 spiro atoms. The summed E-state index contributed by atoms with van der Waals surface area (Å²) in [6.07, 6.45) is 5.05. The molecule has 122 valence electrons. The molecule has 23 heavy (non-hydrogen) atoms. The summed E-state index contributed by atoms with van der Waals surface area (Å²) in [5, 5.41) is 0. The van der Waals surface area contributed by atoms with Crippen molar-refractivity contribution in [3.8, 4) is 17.3 Å². The van der Waals surface area contributed by atoms with Gasteiger partial charge in [0.15, 0.2) is 5.82 Å². The van der Waals surface area contributed by atoms with E-state index in [1.807, 2.05) is 12.1 Å². The number of benzene rings is 1. The number of halogens is 1. The van der Waals surface area contributed by atoms with Crippen LogP contribution in [-0.2, 0) is 0 Å². The van der Waals surface area contributed by atoms with Crippen molar-refractivity contribution in [1.82, 2.24) is 14.9 Å². The summed E-state index contributed by atoms with van der Waals surface area (Å²) in [6.45, 7) is 4.58. The molecule has 1 aromatic carbocycles. The number of aromatic nitrogens is 2. The van der Waals surface area contributed by atoms with Gasteiger partial charge in [0.2, 0.25) is 5.82 Å². The monoisotopic (exact) mass is 315 g/mol. The van der Waals surface area contributed by atoms with Gasteiger partial charge in [0.1, 0.15) is 0 Å². The van der Waals surface area contributed by atoms with Crippen LogP contribution in [0.15, 0.2) is 30.5 Å². The molecule has 0 N–H and O–H groups in total. The highest BCUT2D eigenvalue weighted by Gasteiger charge is 2.18. The molecule has 0 aliphatic carbocycles. The van der Waals surface area contributed by atoms with Gasteiger partial charge in [-0.2, -0.15) is 9.37 Å². The van der Waals surface area contributed by atoms with Crippen molar-refractivity contribution in [1.29, 1.82) is 0 Å². The zero-order valence-electron chi connectivity index (χ0n) is 13.6. The lowest BCUT2D eigenvalue weighted by molar-refractivity contribution is 0.175. The molecule has 2 heterocycles. The fourth-order valence-corrected chi connectivity index (χ4v) is 3.06. The molecule has 1 aromatic heterocycles. The van der Waals surface area contributed by atoms with Crippen molar-refractivity contribution < 1.29 is 9.13 Å². The number of hydrogen-bond acceptors (Lipinski definition) is 4. The fraction of sp³-hybridized carbons (Fsp3) is 0.444. The molecule has 1 fully saturated rings. The maximum Gasteiger partial charge on any atom is 0.253 e. The van der Waals surface area contributed by atoms with Crippen LogP contribution in [-0.4, -0.2) is 35.1 Å². The average Bonchev–Trinajstić information content (AvgIpc) is 2.62. The van der Waals surface area contributed by atoms with E-state index in [0.717, 1.165) is 11.8 Å². The highest BCUT2D eigenvalue weighted by atomic mass is 19.1. The number of piperidine rings is 1. The van der Waals surface area contributed by atoms with E-state index in [-0.39, 0.29) is 5.88 Å². The van der Waals surface area contributed by atoms with E-state index in [0.29, 0.717) is 11.9 Å². The zero-order valence-corrected chi connectivity index (χ0v) is 13.6. The number of ether oxygens (including phenoxy) is 1. The lowest BCUT2D eigenvalue weighted by atomic mass is 10.0. The molecule has 0 radical (unpaired) electrons. The first-order chi connectivity index (χ1) is 11.2. The first-order valence-electron chi connectivity index (χ1n) is 8.10. The third-order valence-corrected chi connectivity index (χ3v) is 4.49. The van der Waals surface area contributed by atoms with E-state index >= 15 is 0 Å². The Bertz CT molecular complexity index is 654. The van der Waals surface area contributed by atoms with Gasteiger partial charge < -0.3 is 4.74 Å². The van der Waals surface area contributed by atoms with Crippen LogP contribution in [0.3, 0.4) is 0 Å². The Kier molecular flexibility index (Phi) is 4.86. The van der Waals surface area contributed by atoms with Gasteiger partial charge in [0.25, 0.3) is 5.88 Å². The van der Waals surface area contributed by atoms with Crippen LogP contribution in [0.1, 0.15) is 37.8 Å². The van der Waals surface area contributed by atoms with Crippen LogP contribution >= 0.6 is 0 Å². The fourth-order valence-electron chi connectivity index (χ4n) is 3.06. The van der Waals surface area contributed by atoms with E-state index in [1.54, 1.807) is 0 Å². The highest BCUT2D eigenvalue weighted by molar-refractivity contribution is 5.55. The normalized spacial score (nSPS) is 17.0. The maximum absolute atomic E-state index is 13.4. The second kappa shape index (κ2) is 7.04. The smallest absolute Gasteiger partial charge is 0.253 e. The number of rotatable bonds is 4. The summed E-state index contributed by atoms with van der Waals surface area (Å²) in [4.78, 5) is 10.7. The standard InChI is InChI=1S/C18H22FN3O/c1-13(22-10-4-3-5-11-22)14-6-8-15(9-7-14)17-20-12-16(19)18(21-17)23-2/h6-9,12-13H,3-5,10-11H2,1-2H3/t13-/m1/s1. The molecule has 0 saturated carbocycles. The lowest BCUT2D eigenvalue weighted by Crippen LogP contribution is -2.32. The molecule has 1 saturated heterocycles. The van der Waals surface area contributed by atoms with Crippen LogP contribution in [0.4, 0.5) is 4.39 Å². The van der Waals surface area contributed by atoms with Gasteiger partial charge in [-0.15, -0.1) is 0 Å². The average molecular weight is 315 g/mol. The Labute approximate surface area is 136 Å². The molecule has 1 atom stereocenters. The molecule has 1 aliphatic rings. The van der Waals surface area contributed by atoms with E-state index < -0.39 is 5.82 Å². The van der Waals surface area contributed by atoms with Crippen molar-refractivity contribution in [3.63, 3.8) is 0 Å². The second-order valence-electron chi connectivity index (χ2n) is 5.95. The van der Waals surface area contributed by atoms with Crippen LogP contribution < -0.4 is 4.74 Å². The van der Waals surface area contributed by atoms with Gasteiger partial charge in [-0.05, 0) is 38.4 Å². The molecular formula is C18H22FN3O. The lowest BCUT2D eigenvalue weighted by Gasteiger charge is -2.32. The summed E-state index contributed by atoms with van der Waals surface area (Å²) in [5.74, 6) is -0.104. The van der Waals surface area contributed by atoms with Gasteiger partial charge in [0.05, 0.1) is 13.3 Å². The summed E-state index contributed by atoms with van der Waals surface area (Å²) >= 11 is 0. The quantitative estimate of drug-likeness (QED) is 0.859. The van der Waals surface area contributed by atoms with Crippen LogP contribution in [0.2, 0.25) is 0 Å². The van der Waals surface area contributed by atoms with Crippen molar-refractivity contribution in [2.75, 3.05) is 20.2 Å². The Morgan fingerprint density at radius 1 is 1.13 bits per heavy atom. The largest absolute Gasteiger partial charge is 0.479 e. The summed E-state index contributed by atoms with van der Waals surface area (Å²) in [7, 11) is 1.40. The molecular weight excluding hydrogens is 293 g/mol. The van der Waals surface area contributed by atoms with Crippen molar-refractivity contribution in [3.05, 3.63) is 41.8 Å². The summed E-state index contributed by atoms with van der Waals surface area (Å²) < 4.78 is 18.3. The number of nitrogens with zero attached hydrogens (tertiary/aromatic N) is 3. The van der Waals surface area contributed by atoms with Crippen LogP contribution in [0.5, 0.6) is 5.88 Å². The van der Waals surface area contributed by atoms with Crippen LogP contribution in [0.25, 0.3) is 11.4 Å². The highest BCUT2D eigenvalue weighted by Crippen LogP contribution is 2.26. The number of hydrogen-bond donors (Lipinski definition) is 0. The van der Waals surface area contributed by atoms with E-state index in [4.69, 9.17) is 4.74 Å². The predicted molar refractivity (Wildman–Crippen MR) is 87.8 cm³/mol. The topological polar surface area (TPSA) is 38.2 Å². The Morgan fingerprint density at radius 3 is 2.48 bits per heavy atom. The first-order valence-corrected chi connectivity index (χ1v) is 8.10. The van der Waals surface area contributed by atoms with Crippen molar-refractivity contribution in [2.24, 2.45) is 0 Å².